The highest BCUT2D eigenvalue weighted by Gasteiger charge is 2.25. The summed E-state index contributed by atoms with van der Waals surface area (Å²) >= 11 is 3.70. The van der Waals surface area contributed by atoms with E-state index in [0.29, 0.717) is 45.7 Å². The van der Waals surface area contributed by atoms with Crippen LogP contribution >= 0.6 is 12.2 Å². The van der Waals surface area contributed by atoms with Crippen LogP contribution in [0.2, 0.25) is 0 Å². The summed E-state index contributed by atoms with van der Waals surface area (Å²) in [4.78, 5) is 28.3. The summed E-state index contributed by atoms with van der Waals surface area (Å²) in [5, 5.41) is 40.0. The number of benzene rings is 4. The number of rotatable bonds is 12. The first kappa shape index (κ1) is 51.6. The molecule has 2 aromatic heterocycles. The van der Waals surface area contributed by atoms with E-state index in [9.17, 15) is 9.59 Å². The molecule has 0 aliphatic carbocycles. The van der Waals surface area contributed by atoms with Crippen molar-refractivity contribution in [1.82, 2.24) is 40.8 Å². The van der Waals surface area contributed by atoms with Gasteiger partial charge in [0.05, 0.1) is 26.2 Å². The number of aromatic nitrogens is 8. The van der Waals surface area contributed by atoms with Gasteiger partial charge in [-0.1, -0.05) is 106 Å². The molecule has 2 amide bonds. The van der Waals surface area contributed by atoms with Gasteiger partial charge in [-0.3, -0.25) is 19.4 Å². The Morgan fingerprint density at radius 2 is 0.647 bits per heavy atom. The van der Waals surface area contributed by atoms with Crippen LogP contribution in [0.4, 0.5) is 22.7 Å². The maximum Gasteiger partial charge on any atom is 0.360 e. The number of isothiocyanates is 1. The topological polar surface area (TPSA) is 203 Å². The number of carbonyl (C=O) groups is 2. The molecule has 4 aromatic carbocycles. The Bertz CT molecular complexity index is 2170. The molecule has 10 aliphatic heterocycles. The number of ether oxygens (including phenoxy) is 4. The van der Waals surface area contributed by atoms with E-state index >= 15 is 0 Å². The van der Waals surface area contributed by atoms with E-state index in [2.05, 4.69) is 80.7 Å². The van der Waals surface area contributed by atoms with E-state index in [1.54, 1.807) is 97.1 Å². The molecular weight excluding hydrogens is 885 g/mol. The molecular formula is C49H58N12O6S. The van der Waals surface area contributed by atoms with Gasteiger partial charge < -0.3 is 28.8 Å². The van der Waals surface area contributed by atoms with Gasteiger partial charge in [-0.2, -0.15) is 5.16 Å². The summed E-state index contributed by atoms with van der Waals surface area (Å²) in [5.41, 5.74) is 2.35. The Balaban J connectivity index is 0.000000365. The zero-order valence-corrected chi connectivity index (χ0v) is 40.3. The Morgan fingerprint density at radius 1 is 0.456 bits per heavy atom. The van der Waals surface area contributed by atoms with Crippen molar-refractivity contribution in [3.8, 4) is 47.0 Å². The molecule has 0 atom stereocenters. The summed E-state index contributed by atoms with van der Waals surface area (Å²) in [6, 6.07) is 26.4. The molecule has 16 rings (SSSR count). The molecule has 18 nitrogen and oxygen atoms in total. The third-order valence-corrected chi connectivity index (χ3v) is 10.7. The first-order valence-corrected chi connectivity index (χ1v) is 23.2. The Morgan fingerprint density at radius 3 is 0.809 bits per heavy atom. The summed E-state index contributed by atoms with van der Waals surface area (Å²) < 4.78 is 24.2. The van der Waals surface area contributed by atoms with Crippen molar-refractivity contribution in [2.45, 2.75) is 92.9 Å². The third kappa shape index (κ3) is 15.4. The predicted molar refractivity (Wildman–Crippen MR) is 262 cm³/mol. The smallest absolute Gasteiger partial charge is 0.360 e. The monoisotopic (exact) mass is 942 g/mol. The molecule has 0 saturated carbocycles. The van der Waals surface area contributed by atoms with Gasteiger partial charge in [0.1, 0.15) is 23.0 Å². The van der Waals surface area contributed by atoms with Crippen LogP contribution in [-0.2, 0) is 9.59 Å². The lowest BCUT2D eigenvalue weighted by molar-refractivity contribution is -0.929. The first-order chi connectivity index (χ1) is 33.0. The fourth-order valence-corrected chi connectivity index (χ4v) is 7.33. The van der Waals surface area contributed by atoms with Crippen molar-refractivity contribution >= 4 is 51.9 Å². The maximum atomic E-state index is 12.6. The minimum absolute atomic E-state index is 0.110. The van der Waals surface area contributed by atoms with Crippen LogP contribution < -0.4 is 28.7 Å². The van der Waals surface area contributed by atoms with Crippen molar-refractivity contribution in [3.63, 3.8) is 0 Å². The second-order valence-electron chi connectivity index (χ2n) is 15.8. The SMILES string of the molecule is CC(=O)N1c2ccc(cc2)Oc2nnc(nn2)Oc2ccc(cc2)N(C(C)=O)c2ccc(cc2)Oc2nnc(nn2)Oc2ccc1cc2.CCCC[N+](CCCC)(CCCC)CCCC.[N-]=C=S. The highest BCUT2D eigenvalue weighted by molar-refractivity contribution is 7.78. The van der Waals surface area contributed by atoms with Crippen LogP contribution in [0.25, 0.3) is 5.41 Å². The largest absolute Gasteiger partial charge is 0.753 e. The Hall–Kier alpha value is -7.34. The average Bonchev–Trinajstić information content (AvgIpc) is 3.34. The van der Waals surface area contributed by atoms with E-state index in [0.717, 1.165) is 0 Å². The van der Waals surface area contributed by atoms with Gasteiger partial charge >= 0.3 is 24.0 Å². The number of unbranched alkanes of at least 4 members (excludes halogenated alkanes) is 4. The fraction of sp³-hybridized carbons (Fsp3) is 0.367. The number of anilines is 4. The molecule has 12 heterocycles. The first-order valence-electron chi connectivity index (χ1n) is 22.8. The van der Waals surface area contributed by atoms with Gasteiger partial charge in [-0.05, 0) is 123 Å². The van der Waals surface area contributed by atoms with Crippen molar-refractivity contribution in [2.75, 3.05) is 36.0 Å². The number of thiocarbonyl (C=S) groups is 1. The minimum atomic E-state index is -0.219. The standard InChI is InChI=1S/C32H22N10O6.C16H36N.CNS/c1-19(43)41-21-3-11-25(12-4-21)45-29-33-37-31(38-34-29)47-27-15-7-23(8-16-27)42(20(2)44)24-9-17-28(18-10-24)48-32-39-35-30(36-40-32)46-26-13-5-22(41)6-14-26;1-5-9-13-17(14-10-6-2,15-11-7-3)16-12-8-4;2-1-3/h3-18H,1-2H3;5-16H2,1-4H3;/q;+1;-1. The molecule has 0 saturated heterocycles. The van der Waals surface area contributed by atoms with Crippen LogP contribution in [0.1, 0.15) is 92.9 Å². The molecule has 68 heavy (non-hydrogen) atoms. The molecule has 356 valence electrons. The van der Waals surface area contributed by atoms with Crippen LogP contribution in [0.3, 0.4) is 0 Å². The number of hydrogen-bond acceptors (Lipinski definition) is 15. The lowest BCUT2D eigenvalue weighted by atomic mass is 10.1. The minimum Gasteiger partial charge on any atom is -0.753 e. The van der Waals surface area contributed by atoms with Gasteiger partial charge in [0.15, 0.2) is 0 Å². The summed E-state index contributed by atoms with van der Waals surface area (Å²) in [6.07, 6.45) is 11.1. The maximum absolute atomic E-state index is 12.6. The molecule has 19 heteroatoms. The molecule has 0 fully saturated rings. The quantitative estimate of drug-likeness (QED) is 0.0636. The van der Waals surface area contributed by atoms with E-state index in [4.69, 9.17) is 24.4 Å². The number of quaternary nitrogens is 1. The Labute approximate surface area is 402 Å². The van der Waals surface area contributed by atoms with Gasteiger partial charge in [-0.15, -0.1) is 0 Å². The lowest BCUT2D eigenvalue weighted by Crippen LogP contribution is -2.50. The van der Waals surface area contributed by atoms with Gasteiger partial charge in [0.25, 0.3) is 0 Å². The van der Waals surface area contributed by atoms with Gasteiger partial charge in [-0.25, -0.2) is 0 Å². The Kier molecular flexibility index (Phi) is 20.3. The summed E-state index contributed by atoms with van der Waals surface area (Å²) in [6.45, 7) is 17.9. The second-order valence-corrected chi connectivity index (χ2v) is 15.9. The average molecular weight is 943 g/mol. The van der Waals surface area contributed by atoms with E-state index in [1.165, 1.54) is 111 Å². The summed E-state index contributed by atoms with van der Waals surface area (Å²) in [7, 11) is 0. The molecule has 6 aromatic rings. The van der Waals surface area contributed by atoms with Crippen LogP contribution in [0.15, 0.2) is 97.1 Å². The zero-order valence-electron chi connectivity index (χ0n) is 39.4. The third-order valence-electron chi connectivity index (χ3n) is 10.7. The normalized spacial score (nSPS) is 11.8. The molecule has 0 radical (unpaired) electrons. The van der Waals surface area contributed by atoms with Crippen molar-refractivity contribution in [3.05, 3.63) is 102 Å². The number of hydrogen-bond donors (Lipinski definition) is 0. The number of amides is 2. The molecule has 0 unspecified atom stereocenters. The van der Waals surface area contributed by atoms with E-state index in [-0.39, 0.29) is 35.9 Å². The summed E-state index contributed by atoms with van der Waals surface area (Å²) in [5.74, 6) is 1.12. The number of carbonyl (C=O) groups excluding carboxylic acids is 2. The molecule has 0 spiro atoms. The zero-order chi connectivity index (χ0) is 48.7. The van der Waals surface area contributed by atoms with Gasteiger partial charge in [0.2, 0.25) is 11.8 Å². The lowest BCUT2D eigenvalue weighted by Gasteiger charge is -2.39. The van der Waals surface area contributed by atoms with Gasteiger partial charge in [0, 0.05) is 36.6 Å². The van der Waals surface area contributed by atoms with E-state index in [1.807, 2.05) is 0 Å². The van der Waals surface area contributed by atoms with Crippen LogP contribution in [-0.4, -0.2) is 88.4 Å². The highest BCUT2D eigenvalue weighted by atomic mass is 32.1. The molecule has 10 aliphatic rings. The number of nitrogens with zero attached hydrogens (tertiary/aromatic N) is 12. The van der Waals surface area contributed by atoms with E-state index < -0.39 is 0 Å². The van der Waals surface area contributed by atoms with Crippen molar-refractivity contribution < 1.29 is 33.0 Å². The van der Waals surface area contributed by atoms with Crippen LogP contribution in [0.5, 0.6) is 47.0 Å². The molecule has 0 N–H and O–H groups in total. The van der Waals surface area contributed by atoms with Crippen molar-refractivity contribution in [1.29, 1.82) is 0 Å². The van der Waals surface area contributed by atoms with Crippen LogP contribution in [0, 0.1) is 0 Å². The predicted octanol–water partition coefficient (Wildman–Crippen LogP) is 11.4. The second kappa shape index (κ2) is 26.7. The highest BCUT2D eigenvalue weighted by Crippen LogP contribution is 2.33. The van der Waals surface area contributed by atoms with Crippen molar-refractivity contribution in [2.24, 2.45) is 0 Å². The molecule has 12 bridgehead atoms. The fourth-order valence-electron chi connectivity index (χ4n) is 7.33.